The molecule has 0 saturated carbocycles. The highest BCUT2D eigenvalue weighted by molar-refractivity contribution is 6.05. The second-order valence-corrected chi connectivity index (χ2v) is 5.75. The molecule has 2 aromatic rings. The minimum absolute atomic E-state index is 0.109. The molecular weight excluding hydrogens is 311 g/mol. The Morgan fingerprint density at radius 2 is 2.04 bits per heavy atom. The van der Waals surface area contributed by atoms with Crippen LogP contribution in [0.25, 0.3) is 0 Å². The van der Waals surface area contributed by atoms with Crippen LogP contribution in [-0.4, -0.2) is 25.0 Å². The van der Waals surface area contributed by atoms with E-state index in [1.54, 1.807) is 25.1 Å². The Morgan fingerprint density at radius 3 is 2.83 bits per heavy atom. The summed E-state index contributed by atoms with van der Waals surface area (Å²) >= 11 is 0. The smallest absolute Gasteiger partial charge is 0.265 e. The monoisotopic (exact) mass is 328 g/mol. The van der Waals surface area contributed by atoms with Crippen molar-refractivity contribution in [3.63, 3.8) is 0 Å². The number of rotatable bonds is 3. The zero-order chi connectivity index (χ0) is 17.3. The van der Waals surface area contributed by atoms with Crippen LogP contribution in [0.4, 0.5) is 15.8 Å². The van der Waals surface area contributed by atoms with Crippen molar-refractivity contribution in [2.75, 3.05) is 23.4 Å². The van der Waals surface area contributed by atoms with E-state index in [2.05, 4.69) is 5.32 Å². The first-order chi connectivity index (χ1) is 11.4. The summed E-state index contributed by atoms with van der Waals surface area (Å²) in [7, 11) is 0. The summed E-state index contributed by atoms with van der Waals surface area (Å²) in [6, 6.07) is 9.63. The van der Waals surface area contributed by atoms with Gasteiger partial charge in [-0.1, -0.05) is 12.1 Å². The highest BCUT2D eigenvalue weighted by Crippen LogP contribution is 2.32. The summed E-state index contributed by atoms with van der Waals surface area (Å²) in [6.45, 7) is 3.40. The molecule has 2 aromatic carbocycles. The molecule has 1 N–H and O–H groups in total. The van der Waals surface area contributed by atoms with Crippen LogP contribution >= 0.6 is 0 Å². The van der Waals surface area contributed by atoms with Gasteiger partial charge in [0, 0.05) is 5.69 Å². The predicted molar refractivity (Wildman–Crippen MR) is 88.8 cm³/mol. The number of hydrogen-bond acceptors (Lipinski definition) is 3. The number of carbonyl (C=O) groups is 2. The summed E-state index contributed by atoms with van der Waals surface area (Å²) in [6.07, 6.45) is 0. The third-order valence-corrected chi connectivity index (χ3v) is 3.83. The molecule has 0 aliphatic carbocycles. The van der Waals surface area contributed by atoms with Crippen molar-refractivity contribution in [1.82, 2.24) is 0 Å². The van der Waals surface area contributed by atoms with Gasteiger partial charge < -0.3 is 10.1 Å². The zero-order valence-corrected chi connectivity index (χ0v) is 13.4. The first-order valence-electron chi connectivity index (χ1n) is 7.54. The number of amides is 2. The first kappa shape index (κ1) is 16.0. The van der Waals surface area contributed by atoms with Crippen molar-refractivity contribution >= 4 is 23.2 Å². The van der Waals surface area contributed by atoms with Crippen LogP contribution in [0, 0.1) is 19.7 Å². The lowest BCUT2D eigenvalue weighted by molar-refractivity contribution is -0.123. The third-order valence-electron chi connectivity index (χ3n) is 3.83. The Hall–Kier alpha value is -2.89. The van der Waals surface area contributed by atoms with Crippen molar-refractivity contribution in [3.8, 4) is 5.75 Å². The van der Waals surface area contributed by atoms with Crippen LogP contribution in [0.3, 0.4) is 0 Å². The first-order valence-corrected chi connectivity index (χ1v) is 7.54. The number of benzene rings is 2. The minimum Gasteiger partial charge on any atom is -0.482 e. The minimum atomic E-state index is -0.431. The van der Waals surface area contributed by atoms with Gasteiger partial charge in [0.05, 0.1) is 5.69 Å². The SMILES string of the molecule is Cc1ccc2c(c1)N(CC(=O)Nc1cc(F)ccc1C)C(=O)CO2. The number of carbonyl (C=O) groups excluding carboxylic acids is 2. The second-order valence-electron chi connectivity index (χ2n) is 5.75. The molecule has 0 atom stereocenters. The topological polar surface area (TPSA) is 58.6 Å². The van der Waals surface area contributed by atoms with Gasteiger partial charge in [-0.15, -0.1) is 0 Å². The van der Waals surface area contributed by atoms with Crippen molar-refractivity contribution in [2.24, 2.45) is 0 Å². The highest BCUT2D eigenvalue weighted by Gasteiger charge is 2.27. The Kier molecular flexibility index (Phi) is 4.20. The predicted octanol–water partition coefficient (Wildman–Crippen LogP) is 2.81. The lowest BCUT2D eigenvalue weighted by Gasteiger charge is -2.29. The summed E-state index contributed by atoms with van der Waals surface area (Å²) in [5.74, 6) is -0.556. The fraction of sp³-hybridized carbons (Fsp3) is 0.222. The number of hydrogen-bond donors (Lipinski definition) is 1. The highest BCUT2D eigenvalue weighted by atomic mass is 19.1. The fourth-order valence-corrected chi connectivity index (χ4v) is 2.55. The molecular formula is C18H17FN2O3. The number of fused-ring (bicyclic) bond motifs is 1. The molecule has 1 heterocycles. The maximum atomic E-state index is 13.3. The molecule has 0 saturated heterocycles. The number of halogens is 1. The maximum absolute atomic E-state index is 13.3. The van der Waals surface area contributed by atoms with Gasteiger partial charge in [0.2, 0.25) is 5.91 Å². The van der Waals surface area contributed by atoms with E-state index < -0.39 is 11.7 Å². The third kappa shape index (κ3) is 3.22. The molecule has 1 aliphatic heterocycles. The number of ether oxygens (including phenoxy) is 1. The van der Waals surface area contributed by atoms with Gasteiger partial charge >= 0.3 is 0 Å². The van der Waals surface area contributed by atoms with Crippen LogP contribution in [-0.2, 0) is 9.59 Å². The van der Waals surface area contributed by atoms with Crippen LogP contribution in [0.1, 0.15) is 11.1 Å². The average Bonchev–Trinajstić information content (AvgIpc) is 2.54. The molecule has 1 aliphatic rings. The molecule has 124 valence electrons. The molecule has 0 spiro atoms. The van der Waals surface area contributed by atoms with Gasteiger partial charge in [-0.3, -0.25) is 14.5 Å². The Balaban J connectivity index is 1.80. The van der Waals surface area contributed by atoms with Gasteiger partial charge in [0.15, 0.2) is 6.61 Å². The molecule has 0 bridgehead atoms. The average molecular weight is 328 g/mol. The van der Waals surface area contributed by atoms with E-state index in [1.807, 2.05) is 13.0 Å². The van der Waals surface area contributed by atoms with Crippen LogP contribution in [0.5, 0.6) is 5.75 Å². The largest absolute Gasteiger partial charge is 0.482 e. The molecule has 0 aromatic heterocycles. The van der Waals surface area contributed by atoms with E-state index in [9.17, 15) is 14.0 Å². The molecule has 24 heavy (non-hydrogen) atoms. The van der Waals surface area contributed by atoms with Gasteiger partial charge in [-0.2, -0.15) is 0 Å². The number of nitrogens with one attached hydrogen (secondary N) is 1. The van der Waals surface area contributed by atoms with Gasteiger partial charge in [-0.25, -0.2) is 4.39 Å². The van der Waals surface area contributed by atoms with Crippen molar-refractivity contribution in [2.45, 2.75) is 13.8 Å². The lowest BCUT2D eigenvalue weighted by atomic mass is 10.1. The van der Waals surface area contributed by atoms with E-state index in [-0.39, 0.29) is 19.1 Å². The van der Waals surface area contributed by atoms with E-state index >= 15 is 0 Å². The molecule has 0 unspecified atom stereocenters. The van der Waals surface area contributed by atoms with Crippen LogP contribution in [0.15, 0.2) is 36.4 Å². The molecule has 6 heteroatoms. The zero-order valence-electron chi connectivity index (χ0n) is 13.4. The molecule has 0 radical (unpaired) electrons. The molecule has 3 rings (SSSR count). The number of aryl methyl sites for hydroxylation is 2. The van der Waals surface area contributed by atoms with E-state index in [0.29, 0.717) is 17.1 Å². The second kappa shape index (κ2) is 6.31. The van der Waals surface area contributed by atoms with E-state index in [1.165, 1.54) is 17.0 Å². The van der Waals surface area contributed by atoms with Crippen molar-refractivity contribution in [3.05, 3.63) is 53.3 Å². The summed E-state index contributed by atoms with van der Waals surface area (Å²) < 4.78 is 18.7. The fourth-order valence-electron chi connectivity index (χ4n) is 2.55. The van der Waals surface area contributed by atoms with Gasteiger partial charge in [0.1, 0.15) is 18.1 Å². The number of nitrogens with zero attached hydrogens (tertiary/aromatic N) is 1. The van der Waals surface area contributed by atoms with E-state index in [0.717, 1.165) is 11.1 Å². The van der Waals surface area contributed by atoms with Gasteiger partial charge in [0.25, 0.3) is 5.91 Å². The van der Waals surface area contributed by atoms with E-state index in [4.69, 9.17) is 4.74 Å². The Morgan fingerprint density at radius 1 is 1.25 bits per heavy atom. The Bertz CT molecular complexity index is 820. The van der Waals surface area contributed by atoms with Crippen molar-refractivity contribution < 1.29 is 18.7 Å². The molecule has 5 nitrogen and oxygen atoms in total. The molecule has 2 amide bonds. The standard InChI is InChI=1S/C18H17FN2O3/c1-11-3-6-16-15(7-11)21(18(23)10-24-16)9-17(22)20-14-8-13(19)5-4-12(14)2/h3-8H,9-10H2,1-2H3,(H,20,22). The number of anilines is 2. The quantitative estimate of drug-likeness (QED) is 0.942. The molecule has 0 fully saturated rings. The lowest BCUT2D eigenvalue weighted by Crippen LogP contribution is -2.43. The maximum Gasteiger partial charge on any atom is 0.265 e. The Labute approximate surface area is 139 Å². The van der Waals surface area contributed by atoms with Gasteiger partial charge in [-0.05, 0) is 49.2 Å². The van der Waals surface area contributed by atoms with Crippen molar-refractivity contribution in [1.29, 1.82) is 0 Å². The van der Waals surface area contributed by atoms with Crippen LogP contribution in [0.2, 0.25) is 0 Å². The summed E-state index contributed by atoms with van der Waals surface area (Å²) in [4.78, 5) is 25.8. The van der Waals surface area contributed by atoms with Crippen LogP contribution < -0.4 is 15.0 Å². The summed E-state index contributed by atoms with van der Waals surface area (Å²) in [5.41, 5.74) is 2.66. The summed E-state index contributed by atoms with van der Waals surface area (Å²) in [5, 5.41) is 2.65. The normalized spacial score (nSPS) is 13.3.